The molecule has 2 rings (SSSR count). The van der Waals surface area contributed by atoms with Crippen molar-refractivity contribution in [3.05, 3.63) is 22.4 Å². The first kappa shape index (κ1) is 10.4. The van der Waals surface area contributed by atoms with Crippen LogP contribution in [0.15, 0.2) is 11.6 Å². The molecule has 0 unspecified atom stereocenters. The number of esters is 1. The van der Waals surface area contributed by atoms with Gasteiger partial charge in [-0.05, 0) is 6.42 Å². The largest absolute Gasteiger partial charge is 0.469 e. The minimum absolute atomic E-state index is 0.217. The van der Waals surface area contributed by atoms with Crippen molar-refractivity contribution in [2.24, 2.45) is 0 Å². The van der Waals surface area contributed by atoms with Crippen LogP contribution in [-0.4, -0.2) is 22.5 Å². The summed E-state index contributed by atoms with van der Waals surface area (Å²) in [7, 11) is 1.38. The molecule has 0 radical (unpaired) electrons. The third kappa shape index (κ3) is 1.98. The zero-order valence-electron chi connectivity index (χ0n) is 8.07. The summed E-state index contributed by atoms with van der Waals surface area (Å²) in [6, 6.07) is 0. The number of thiazole rings is 1. The van der Waals surface area contributed by atoms with Crippen LogP contribution in [-0.2, 0) is 16.0 Å². The maximum absolute atomic E-state index is 11.0. The Morgan fingerprint density at radius 3 is 3.27 bits per heavy atom. The first-order chi connectivity index (χ1) is 7.22. The normalized spacial score (nSPS) is 10.8. The molecule has 0 aromatic carbocycles. The number of imidazole rings is 1. The van der Waals surface area contributed by atoms with Crippen LogP contribution in [0.5, 0.6) is 0 Å². The Morgan fingerprint density at radius 1 is 1.73 bits per heavy atom. The lowest BCUT2D eigenvalue weighted by atomic mass is 10.2. The number of methoxy groups -OCH3 is 1. The van der Waals surface area contributed by atoms with Crippen LogP contribution in [0.3, 0.4) is 0 Å². The highest BCUT2D eigenvalue weighted by atomic mass is 35.5. The molecule has 0 amide bonds. The number of carbonyl (C=O) groups is 1. The molecule has 2 heterocycles. The molecular weight excluding hydrogens is 236 g/mol. The van der Waals surface area contributed by atoms with E-state index in [2.05, 4.69) is 9.72 Å². The Bertz CT molecular complexity index is 491. The van der Waals surface area contributed by atoms with Gasteiger partial charge in [-0.2, -0.15) is 0 Å². The third-order valence-corrected chi connectivity index (χ3v) is 3.24. The number of ether oxygens (including phenoxy) is 1. The van der Waals surface area contributed by atoms with Crippen LogP contribution in [0.25, 0.3) is 4.96 Å². The Morgan fingerprint density at radius 2 is 2.53 bits per heavy atom. The average Bonchev–Trinajstić information content (AvgIpc) is 2.79. The summed E-state index contributed by atoms with van der Waals surface area (Å²) in [4.78, 5) is 16.0. The smallest absolute Gasteiger partial charge is 0.305 e. The van der Waals surface area contributed by atoms with Crippen molar-refractivity contribution >= 4 is 33.9 Å². The molecule has 0 spiro atoms. The van der Waals surface area contributed by atoms with Crippen LogP contribution >= 0.6 is 22.9 Å². The minimum Gasteiger partial charge on any atom is -0.469 e. The number of aryl methyl sites for hydroxylation is 1. The van der Waals surface area contributed by atoms with E-state index < -0.39 is 0 Å². The Labute approximate surface area is 95.4 Å². The number of rotatable bonds is 3. The number of fused-ring (bicyclic) bond motifs is 1. The van der Waals surface area contributed by atoms with E-state index in [0.29, 0.717) is 18.0 Å². The fraction of sp³-hybridized carbons (Fsp3) is 0.333. The van der Waals surface area contributed by atoms with Crippen LogP contribution in [0.4, 0.5) is 0 Å². The highest BCUT2D eigenvalue weighted by Gasteiger charge is 2.10. The number of aromatic nitrogens is 2. The van der Waals surface area contributed by atoms with Gasteiger partial charge in [0.15, 0.2) is 4.96 Å². The molecule has 0 fully saturated rings. The number of hydrogen-bond donors (Lipinski definition) is 0. The molecule has 0 bridgehead atoms. The molecular formula is C9H9ClN2O2S. The lowest BCUT2D eigenvalue weighted by Crippen LogP contribution is -2.03. The number of nitrogens with zero attached hydrogens (tertiary/aromatic N) is 2. The number of halogens is 1. The Kier molecular flexibility index (Phi) is 2.93. The van der Waals surface area contributed by atoms with Crippen LogP contribution in [0.2, 0.25) is 5.15 Å². The van der Waals surface area contributed by atoms with Crippen LogP contribution in [0, 0.1) is 0 Å². The standard InChI is InChI=1S/C9H9ClN2O2S/c1-14-8(13)3-2-6-5-15-9-11-4-7(10)12(6)9/h4-5H,2-3H2,1H3. The SMILES string of the molecule is COC(=O)CCc1csc2ncc(Cl)n12. The number of hydrogen-bond acceptors (Lipinski definition) is 4. The molecule has 15 heavy (non-hydrogen) atoms. The average molecular weight is 245 g/mol. The van der Waals surface area contributed by atoms with Gasteiger partial charge in [0.2, 0.25) is 0 Å². The summed E-state index contributed by atoms with van der Waals surface area (Å²) in [6.07, 6.45) is 2.58. The van der Waals surface area contributed by atoms with Gasteiger partial charge in [-0.25, -0.2) is 4.98 Å². The molecule has 0 aliphatic heterocycles. The van der Waals surface area contributed by atoms with E-state index in [1.807, 2.05) is 9.78 Å². The van der Waals surface area contributed by atoms with Gasteiger partial charge < -0.3 is 4.74 Å². The highest BCUT2D eigenvalue weighted by molar-refractivity contribution is 7.15. The van der Waals surface area contributed by atoms with E-state index in [1.54, 1.807) is 6.20 Å². The zero-order valence-corrected chi connectivity index (χ0v) is 9.64. The molecule has 4 nitrogen and oxygen atoms in total. The second kappa shape index (κ2) is 4.20. The van der Waals surface area contributed by atoms with Gasteiger partial charge in [0.25, 0.3) is 0 Å². The highest BCUT2D eigenvalue weighted by Crippen LogP contribution is 2.21. The van der Waals surface area contributed by atoms with E-state index in [1.165, 1.54) is 18.4 Å². The summed E-state index contributed by atoms with van der Waals surface area (Å²) in [5, 5.41) is 2.53. The van der Waals surface area contributed by atoms with E-state index in [0.717, 1.165) is 10.7 Å². The second-order valence-corrected chi connectivity index (χ2v) is 4.23. The lowest BCUT2D eigenvalue weighted by Gasteiger charge is -1.99. The van der Waals surface area contributed by atoms with Gasteiger partial charge in [0, 0.05) is 11.1 Å². The maximum atomic E-state index is 11.0. The van der Waals surface area contributed by atoms with Crippen molar-refractivity contribution in [1.29, 1.82) is 0 Å². The van der Waals surface area contributed by atoms with Gasteiger partial charge in [-0.3, -0.25) is 9.20 Å². The Hall–Kier alpha value is -1.07. The number of carbonyl (C=O) groups excluding carboxylic acids is 1. The zero-order chi connectivity index (χ0) is 10.8. The Balaban J connectivity index is 2.20. The molecule has 0 saturated heterocycles. The van der Waals surface area contributed by atoms with Crippen LogP contribution in [0.1, 0.15) is 12.1 Å². The summed E-state index contributed by atoms with van der Waals surface area (Å²) in [5.41, 5.74) is 0.989. The summed E-state index contributed by atoms with van der Waals surface area (Å²) < 4.78 is 6.42. The van der Waals surface area contributed by atoms with Gasteiger partial charge in [-0.1, -0.05) is 11.6 Å². The monoisotopic (exact) mass is 244 g/mol. The topological polar surface area (TPSA) is 43.6 Å². The van der Waals surface area contributed by atoms with Crippen molar-refractivity contribution in [3.63, 3.8) is 0 Å². The first-order valence-corrected chi connectivity index (χ1v) is 5.64. The third-order valence-electron chi connectivity index (χ3n) is 2.09. The van der Waals surface area contributed by atoms with Crippen molar-refractivity contribution < 1.29 is 9.53 Å². The summed E-state index contributed by atoms with van der Waals surface area (Å²) in [6.45, 7) is 0. The van der Waals surface area contributed by atoms with Gasteiger partial charge in [-0.15, -0.1) is 11.3 Å². The predicted molar refractivity (Wildman–Crippen MR) is 58.4 cm³/mol. The fourth-order valence-electron chi connectivity index (χ4n) is 1.33. The molecule has 0 saturated carbocycles. The van der Waals surface area contributed by atoms with Gasteiger partial charge >= 0.3 is 5.97 Å². The van der Waals surface area contributed by atoms with E-state index in [4.69, 9.17) is 11.6 Å². The second-order valence-electron chi connectivity index (χ2n) is 3.00. The molecule has 6 heteroatoms. The fourth-order valence-corrected chi connectivity index (χ4v) is 2.52. The molecule has 0 N–H and O–H groups in total. The van der Waals surface area contributed by atoms with E-state index in [-0.39, 0.29) is 5.97 Å². The van der Waals surface area contributed by atoms with Crippen molar-refractivity contribution in [2.45, 2.75) is 12.8 Å². The maximum Gasteiger partial charge on any atom is 0.305 e. The predicted octanol–water partition coefficient (Wildman–Crippen LogP) is 2.15. The van der Waals surface area contributed by atoms with Crippen molar-refractivity contribution in [1.82, 2.24) is 9.38 Å². The van der Waals surface area contributed by atoms with Gasteiger partial charge in [0.05, 0.1) is 19.7 Å². The van der Waals surface area contributed by atoms with E-state index >= 15 is 0 Å². The molecule has 0 aliphatic rings. The first-order valence-electron chi connectivity index (χ1n) is 4.38. The minimum atomic E-state index is -0.217. The van der Waals surface area contributed by atoms with Crippen molar-refractivity contribution in [2.75, 3.05) is 7.11 Å². The van der Waals surface area contributed by atoms with E-state index in [9.17, 15) is 4.79 Å². The van der Waals surface area contributed by atoms with Gasteiger partial charge in [0.1, 0.15) is 5.15 Å². The van der Waals surface area contributed by atoms with Crippen molar-refractivity contribution in [3.8, 4) is 0 Å². The lowest BCUT2D eigenvalue weighted by molar-refractivity contribution is -0.140. The summed E-state index contributed by atoms with van der Waals surface area (Å²) in [5.74, 6) is -0.217. The summed E-state index contributed by atoms with van der Waals surface area (Å²) >= 11 is 7.47. The molecule has 0 aliphatic carbocycles. The molecule has 80 valence electrons. The quantitative estimate of drug-likeness (QED) is 0.777. The molecule has 0 atom stereocenters. The molecule has 2 aromatic rings. The van der Waals surface area contributed by atoms with Crippen LogP contribution < -0.4 is 0 Å². The molecule has 2 aromatic heterocycles.